The summed E-state index contributed by atoms with van der Waals surface area (Å²) < 4.78 is 5.06. The van der Waals surface area contributed by atoms with Crippen LogP contribution >= 0.6 is 0 Å². The van der Waals surface area contributed by atoms with Gasteiger partial charge in [-0.05, 0) is 25.5 Å². The van der Waals surface area contributed by atoms with Gasteiger partial charge in [-0.3, -0.25) is 0 Å². The molecule has 0 N–H and O–H groups in total. The molecule has 0 aromatic carbocycles. The Hall–Kier alpha value is -1.57. The summed E-state index contributed by atoms with van der Waals surface area (Å²) in [6.07, 6.45) is 6.46. The first-order valence-electron chi connectivity index (χ1n) is 6.62. The number of rotatable bonds is 3. The predicted octanol–water partition coefficient (Wildman–Crippen LogP) is 5.07. The van der Waals surface area contributed by atoms with Gasteiger partial charge >= 0.3 is 5.63 Å². The van der Waals surface area contributed by atoms with E-state index < -0.39 is 0 Å². The lowest BCUT2D eigenvalue weighted by Gasteiger charge is -1.99. The van der Waals surface area contributed by atoms with Crippen molar-refractivity contribution >= 4 is 12.2 Å². The molecule has 0 bridgehead atoms. The average Bonchev–Trinajstić information content (AvgIpc) is 2.44. The molecule has 0 amide bonds. The van der Waals surface area contributed by atoms with Crippen LogP contribution in [0.1, 0.15) is 57.9 Å². The van der Waals surface area contributed by atoms with Crippen molar-refractivity contribution in [3.05, 3.63) is 46.0 Å². The molecule has 0 aliphatic rings. The van der Waals surface area contributed by atoms with Crippen molar-refractivity contribution in [2.75, 3.05) is 0 Å². The second-order valence-electron chi connectivity index (χ2n) is 3.05. The molecule has 0 unspecified atom stereocenters. The Labute approximate surface area is 111 Å². The molecule has 1 rings (SSSR count). The van der Waals surface area contributed by atoms with E-state index in [0.717, 1.165) is 12.0 Å². The van der Waals surface area contributed by atoms with Gasteiger partial charge in [-0.25, -0.2) is 4.79 Å². The minimum absolute atomic E-state index is 0.298. The average molecular weight is 250 g/mol. The molecule has 0 fully saturated rings. The molecule has 2 heteroatoms. The summed E-state index contributed by atoms with van der Waals surface area (Å²) in [7, 11) is 0. The Balaban J connectivity index is 0. The number of allylic oxidation sites excluding steroid dienone is 1. The fraction of sp³-hybridized carbons (Fsp3) is 0.438. The predicted molar refractivity (Wildman–Crippen MR) is 81.8 cm³/mol. The molecule has 102 valence electrons. The fourth-order valence-electron chi connectivity index (χ4n) is 1.14. The van der Waals surface area contributed by atoms with Crippen molar-refractivity contribution in [1.29, 1.82) is 0 Å². The molecule has 18 heavy (non-hydrogen) atoms. The zero-order valence-electron chi connectivity index (χ0n) is 12.5. The maximum absolute atomic E-state index is 11.2. The Morgan fingerprint density at radius 3 is 2.28 bits per heavy atom. The van der Waals surface area contributed by atoms with E-state index in [2.05, 4.69) is 13.5 Å². The second-order valence-corrected chi connectivity index (χ2v) is 3.05. The minimum Gasteiger partial charge on any atom is -0.423 e. The van der Waals surface area contributed by atoms with Gasteiger partial charge in [0.05, 0.1) is 0 Å². The van der Waals surface area contributed by atoms with Gasteiger partial charge in [-0.1, -0.05) is 53.3 Å². The summed E-state index contributed by atoms with van der Waals surface area (Å²) in [5, 5.41) is 0. The molecule has 0 spiro atoms. The van der Waals surface area contributed by atoms with Gasteiger partial charge in [0.15, 0.2) is 0 Å². The van der Waals surface area contributed by atoms with Crippen LogP contribution in [0.3, 0.4) is 0 Å². The van der Waals surface area contributed by atoms with Crippen LogP contribution in [0.4, 0.5) is 0 Å². The Morgan fingerprint density at radius 2 is 1.83 bits per heavy atom. The van der Waals surface area contributed by atoms with E-state index in [0.29, 0.717) is 11.3 Å². The van der Waals surface area contributed by atoms with Crippen LogP contribution in [0.5, 0.6) is 0 Å². The first-order valence-corrected chi connectivity index (χ1v) is 6.62. The van der Waals surface area contributed by atoms with Crippen LogP contribution in [0.15, 0.2) is 27.9 Å². The van der Waals surface area contributed by atoms with E-state index in [1.807, 2.05) is 45.9 Å². The Kier molecular flexibility index (Phi) is 12.4. The maximum Gasteiger partial charge on any atom is 0.339 e. The molecular formula is C16H26O2. The summed E-state index contributed by atoms with van der Waals surface area (Å²) in [5.41, 5.74) is 1.22. The van der Waals surface area contributed by atoms with Gasteiger partial charge in [0.1, 0.15) is 5.76 Å². The van der Waals surface area contributed by atoms with Gasteiger partial charge in [0, 0.05) is 11.1 Å². The largest absolute Gasteiger partial charge is 0.423 e. The highest BCUT2D eigenvalue weighted by Crippen LogP contribution is 2.12. The third kappa shape index (κ3) is 6.24. The normalized spacial score (nSPS) is 9.00. The molecule has 1 aromatic heterocycles. The molecule has 0 saturated carbocycles. The van der Waals surface area contributed by atoms with E-state index in [4.69, 9.17) is 4.42 Å². The second kappa shape index (κ2) is 11.9. The Morgan fingerprint density at radius 1 is 1.28 bits per heavy atom. The van der Waals surface area contributed by atoms with E-state index in [-0.39, 0.29) is 5.63 Å². The topological polar surface area (TPSA) is 30.2 Å². The van der Waals surface area contributed by atoms with Gasteiger partial charge in [-0.2, -0.15) is 0 Å². The molecular weight excluding hydrogens is 224 g/mol. The molecule has 0 radical (unpaired) electrons. The van der Waals surface area contributed by atoms with Gasteiger partial charge in [0.25, 0.3) is 0 Å². The van der Waals surface area contributed by atoms with Crippen LogP contribution in [0.25, 0.3) is 12.2 Å². The smallest absolute Gasteiger partial charge is 0.339 e. The van der Waals surface area contributed by atoms with Crippen LogP contribution in [-0.4, -0.2) is 0 Å². The van der Waals surface area contributed by atoms with Gasteiger partial charge in [0.2, 0.25) is 0 Å². The summed E-state index contributed by atoms with van der Waals surface area (Å²) in [6, 6.07) is 1.81. The number of aryl methyl sites for hydroxylation is 1. The quantitative estimate of drug-likeness (QED) is 0.750. The van der Waals surface area contributed by atoms with Crippen molar-refractivity contribution in [1.82, 2.24) is 0 Å². The van der Waals surface area contributed by atoms with Crippen molar-refractivity contribution in [2.45, 2.75) is 48.0 Å². The summed E-state index contributed by atoms with van der Waals surface area (Å²) in [4.78, 5) is 11.2. The third-order valence-electron chi connectivity index (χ3n) is 1.90. The van der Waals surface area contributed by atoms with E-state index in [9.17, 15) is 4.79 Å². The zero-order chi connectivity index (χ0) is 14.6. The summed E-state index contributed by atoms with van der Waals surface area (Å²) in [6.45, 7) is 15.4. The van der Waals surface area contributed by atoms with Crippen molar-refractivity contribution in [2.24, 2.45) is 0 Å². The zero-order valence-corrected chi connectivity index (χ0v) is 12.5. The number of hydrogen-bond acceptors (Lipinski definition) is 2. The molecule has 2 nitrogen and oxygen atoms in total. The van der Waals surface area contributed by atoms with Crippen molar-refractivity contribution in [3.8, 4) is 0 Å². The summed E-state index contributed by atoms with van der Waals surface area (Å²) >= 11 is 0. The maximum atomic E-state index is 11.2. The monoisotopic (exact) mass is 250 g/mol. The Bertz CT molecular complexity index is 412. The third-order valence-corrected chi connectivity index (χ3v) is 1.90. The standard InChI is InChI=1S/C12H14O2.2C2H6/c1-4-6-7-10-8-9(3)12(13)14-11(10)5-2;2*1-2/h5-8H,2,4H2,1,3H3;2*1-2H3/b7-6-;;. The van der Waals surface area contributed by atoms with Crippen LogP contribution in [0, 0.1) is 6.92 Å². The molecule has 0 aliphatic heterocycles. The number of hydrogen-bond donors (Lipinski definition) is 0. The van der Waals surface area contributed by atoms with Gasteiger partial charge in [-0.15, -0.1) is 0 Å². The van der Waals surface area contributed by atoms with Crippen LogP contribution in [-0.2, 0) is 0 Å². The highest BCUT2D eigenvalue weighted by atomic mass is 16.4. The molecule has 1 heterocycles. The van der Waals surface area contributed by atoms with E-state index >= 15 is 0 Å². The van der Waals surface area contributed by atoms with E-state index in [1.54, 1.807) is 13.0 Å². The lowest BCUT2D eigenvalue weighted by Crippen LogP contribution is -2.04. The highest BCUT2D eigenvalue weighted by Gasteiger charge is 2.02. The highest BCUT2D eigenvalue weighted by molar-refractivity contribution is 5.60. The van der Waals surface area contributed by atoms with Crippen LogP contribution in [0.2, 0.25) is 0 Å². The lowest BCUT2D eigenvalue weighted by atomic mass is 10.1. The van der Waals surface area contributed by atoms with E-state index in [1.165, 1.54) is 0 Å². The van der Waals surface area contributed by atoms with Crippen molar-refractivity contribution < 1.29 is 4.42 Å². The molecule has 0 saturated heterocycles. The van der Waals surface area contributed by atoms with Crippen LogP contribution < -0.4 is 5.63 Å². The first-order chi connectivity index (χ1) is 8.69. The molecule has 0 aliphatic carbocycles. The van der Waals surface area contributed by atoms with Crippen molar-refractivity contribution in [3.63, 3.8) is 0 Å². The SMILES string of the molecule is C=Cc1oc(=O)c(C)cc1/C=C\CC.CC.CC. The lowest BCUT2D eigenvalue weighted by molar-refractivity contribution is 0.495. The fourth-order valence-corrected chi connectivity index (χ4v) is 1.14. The minimum atomic E-state index is -0.298. The summed E-state index contributed by atoms with van der Waals surface area (Å²) in [5.74, 6) is 0.533. The molecule has 1 aromatic rings. The van der Waals surface area contributed by atoms with Gasteiger partial charge < -0.3 is 4.42 Å². The first kappa shape index (κ1) is 18.8. The molecule has 0 atom stereocenters.